The number of aromatic nitrogens is 2. The molecule has 0 atom stereocenters. The van der Waals surface area contributed by atoms with Gasteiger partial charge in [-0.1, -0.05) is 46.3 Å². The molecule has 0 aliphatic carbocycles. The van der Waals surface area contributed by atoms with Crippen LogP contribution in [0.2, 0.25) is 0 Å². The van der Waals surface area contributed by atoms with E-state index in [0.29, 0.717) is 5.69 Å². The Kier molecular flexibility index (Phi) is 5.45. The first kappa shape index (κ1) is 17.2. The maximum atomic E-state index is 12.2. The molecule has 7 heteroatoms. The lowest BCUT2D eigenvalue weighted by Gasteiger charge is -2.06. The van der Waals surface area contributed by atoms with Gasteiger partial charge in [0.1, 0.15) is 6.61 Å². The highest BCUT2D eigenvalue weighted by Gasteiger charge is 2.13. The fourth-order valence-electron chi connectivity index (χ4n) is 2.31. The lowest BCUT2D eigenvalue weighted by atomic mass is 10.2. The number of carbonyl (C=O) groups excluding carboxylic acids is 2. The highest BCUT2D eigenvalue weighted by Crippen LogP contribution is 2.14. The van der Waals surface area contributed by atoms with Crippen LogP contribution in [0.1, 0.15) is 22.5 Å². The number of nitrogens with one attached hydrogen (secondary N) is 2. The minimum atomic E-state index is -0.366. The number of fused-ring (bicyclic) bond motifs is 1. The van der Waals surface area contributed by atoms with Gasteiger partial charge in [-0.3, -0.25) is 14.7 Å². The molecular weight excluding hydrogens is 386 g/mol. The number of nitrogens with zero attached hydrogens (tertiary/aromatic N) is 1. The molecule has 0 radical (unpaired) electrons. The Morgan fingerprint density at radius 3 is 2.68 bits per heavy atom. The summed E-state index contributed by atoms with van der Waals surface area (Å²) in [4.78, 5) is 23.9. The smallest absolute Gasteiger partial charge is 0.307 e. The molecule has 128 valence electrons. The molecule has 0 saturated carbocycles. The van der Waals surface area contributed by atoms with E-state index in [9.17, 15) is 9.59 Å². The maximum absolute atomic E-state index is 12.2. The zero-order chi connectivity index (χ0) is 17.6. The molecule has 0 bridgehead atoms. The van der Waals surface area contributed by atoms with E-state index in [1.165, 1.54) is 0 Å². The van der Waals surface area contributed by atoms with Gasteiger partial charge in [-0.25, -0.2) is 0 Å². The number of esters is 1. The Bertz CT molecular complexity index is 890. The van der Waals surface area contributed by atoms with Crippen molar-refractivity contribution in [3.8, 4) is 0 Å². The summed E-state index contributed by atoms with van der Waals surface area (Å²) >= 11 is 3.35. The van der Waals surface area contributed by atoms with Crippen LogP contribution in [0.15, 0.2) is 53.0 Å². The first-order chi connectivity index (χ1) is 12.1. The monoisotopic (exact) mass is 401 g/mol. The van der Waals surface area contributed by atoms with Crippen LogP contribution < -0.4 is 5.32 Å². The van der Waals surface area contributed by atoms with Gasteiger partial charge >= 0.3 is 5.97 Å². The van der Waals surface area contributed by atoms with Crippen LogP contribution in [-0.2, 0) is 16.1 Å². The van der Waals surface area contributed by atoms with E-state index in [4.69, 9.17) is 4.74 Å². The number of rotatable bonds is 6. The summed E-state index contributed by atoms with van der Waals surface area (Å²) in [5.74, 6) is -0.687. The van der Waals surface area contributed by atoms with E-state index in [-0.39, 0.29) is 31.4 Å². The van der Waals surface area contributed by atoms with Gasteiger partial charge < -0.3 is 10.1 Å². The fraction of sp³-hybridized carbons (Fsp3) is 0.167. The lowest BCUT2D eigenvalue weighted by Crippen LogP contribution is -2.27. The molecule has 0 aliphatic heterocycles. The summed E-state index contributed by atoms with van der Waals surface area (Å²) in [5.41, 5.74) is 2.02. The molecule has 6 nitrogen and oxygen atoms in total. The second kappa shape index (κ2) is 7.94. The van der Waals surface area contributed by atoms with Crippen molar-refractivity contribution in [2.45, 2.75) is 13.0 Å². The Labute approximate surface area is 152 Å². The van der Waals surface area contributed by atoms with Crippen molar-refractivity contribution in [3.63, 3.8) is 0 Å². The predicted molar refractivity (Wildman–Crippen MR) is 97.0 cm³/mol. The number of amides is 1. The Hall–Kier alpha value is -2.67. The van der Waals surface area contributed by atoms with Gasteiger partial charge in [0.2, 0.25) is 0 Å². The molecule has 0 unspecified atom stereocenters. The van der Waals surface area contributed by atoms with Gasteiger partial charge in [0.25, 0.3) is 5.91 Å². The minimum Gasteiger partial charge on any atom is -0.461 e. The lowest BCUT2D eigenvalue weighted by molar-refractivity contribution is -0.144. The number of hydrogen-bond acceptors (Lipinski definition) is 4. The highest BCUT2D eigenvalue weighted by molar-refractivity contribution is 9.10. The molecule has 1 amide bonds. The van der Waals surface area contributed by atoms with Crippen molar-refractivity contribution < 1.29 is 14.3 Å². The first-order valence-electron chi connectivity index (χ1n) is 7.75. The van der Waals surface area contributed by atoms with Crippen LogP contribution in [0.3, 0.4) is 0 Å². The number of para-hydroxylation sites is 1. The standard InChI is InChI=1S/C18H16BrN3O3/c19-13-7-5-12(6-8-13)11-25-16(23)9-10-20-18(24)17-14-3-1-2-4-15(14)21-22-17/h1-8H,9-11H2,(H,20,24)(H,21,22). The molecule has 0 saturated heterocycles. The molecule has 0 spiro atoms. The van der Waals surface area contributed by atoms with Gasteiger partial charge in [0, 0.05) is 16.4 Å². The number of benzene rings is 2. The van der Waals surface area contributed by atoms with Gasteiger partial charge in [-0.2, -0.15) is 5.10 Å². The number of aromatic amines is 1. The topological polar surface area (TPSA) is 84.1 Å². The fourth-order valence-corrected chi connectivity index (χ4v) is 2.58. The van der Waals surface area contributed by atoms with Gasteiger partial charge in [0.15, 0.2) is 5.69 Å². The molecule has 2 N–H and O–H groups in total. The third kappa shape index (κ3) is 4.45. The van der Waals surface area contributed by atoms with E-state index in [1.54, 1.807) is 0 Å². The van der Waals surface area contributed by atoms with Crippen molar-refractivity contribution >= 4 is 38.7 Å². The molecule has 1 heterocycles. The summed E-state index contributed by atoms with van der Waals surface area (Å²) in [5, 5.41) is 10.3. The predicted octanol–water partition coefficient (Wildman–Crippen LogP) is 3.19. The highest BCUT2D eigenvalue weighted by atomic mass is 79.9. The molecule has 2 aromatic carbocycles. The van der Waals surface area contributed by atoms with Crippen LogP contribution in [0.25, 0.3) is 10.9 Å². The average Bonchev–Trinajstić information content (AvgIpc) is 3.05. The van der Waals surface area contributed by atoms with Gasteiger partial charge in [-0.05, 0) is 23.8 Å². The van der Waals surface area contributed by atoms with E-state index in [0.717, 1.165) is 20.9 Å². The number of hydrogen-bond donors (Lipinski definition) is 2. The normalized spacial score (nSPS) is 10.6. The van der Waals surface area contributed by atoms with Gasteiger partial charge in [0.05, 0.1) is 11.9 Å². The molecular formula is C18H16BrN3O3. The van der Waals surface area contributed by atoms with Crippen LogP contribution in [-0.4, -0.2) is 28.6 Å². The summed E-state index contributed by atoms with van der Waals surface area (Å²) in [7, 11) is 0. The van der Waals surface area contributed by atoms with Gasteiger partial charge in [-0.15, -0.1) is 0 Å². The van der Waals surface area contributed by atoms with E-state index < -0.39 is 0 Å². The van der Waals surface area contributed by atoms with Crippen LogP contribution in [0.5, 0.6) is 0 Å². The van der Waals surface area contributed by atoms with E-state index >= 15 is 0 Å². The minimum absolute atomic E-state index is 0.102. The Balaban J connectivity index is 1.45. The molecule has 3 aromatic rings. The number of carbonyl (C=O) groups is 2. The number of halogens is 1. The van der Waals surface area contributed by atoms with E-state index in [2.05, 4.69) is 31.4 Å². The molecule has 0 fully saturated rings. The number of H-pyrrole nitrogens is 1. The summed E-state index contributed by atoms with van der Waals surface area (Å²) in [6.45, 7) is 0.406. The van der Waals surface area contributed by atoms with Crippen LogP contribution in [0.4, 0.5) is 0 Å². The van der Waals surface area contributed by atoms with Crippen molar-refractivity contribution in [2.24, 2.45) is 0 Å². The second-order valence-electron chi connectivity index (χ2n) is 5.41. The summed E-state index contributed by atoms with van der Waals surface area (Å²) in [6, 6.07) is 14.9. The Morgan fingerprint density at radius 1 is 1.12 bits per heavy atom. The zero-order valence-corrected chi connectivity index (χ0v) is 14.9. The third-order valence-corrected chi connectivity index (χ3v) is 4.14. The molecule has 3 rings (SSSR count). The van der Waals surface area contributed by atoms with Crippen molar-refractivity contribution in [3.05, 3.63) is 64.3 Å². The first-order valence-corrected chi connectivity index (χ1v) is 8.54. The largest absolute Gasteiger partial charge is 0.461 e. The third-order valence-electron chi connectivity index (χ3n) is 3.61. The van der Waals surface area contributed by atoms with Crippen LogP contribution >= 0.6 is 15.9 Å². The molecule has 1 aromatic heterocycles. The van der Waals surface area contributed by atoms with Crippen LogP contribution in [0, 0.1) is 0 Å². The SMILES string of the molecule is O=C(CCNC(=O)c1n[nH]c2ccccc12)OCc1ccc(Br)cc1. The average molecular weight is 402 g/mol. The molecule has 0 aliphatic rings. The summed E-state index contributed by atoms with van der Waals surface area (Å²) in [6.07, 6.45) is 0.102. The zero-order valence-electron chi connectivity index (χ0n) is 13.3. The van der Waals surface area contributed by atoms with Crippen molar-refractivity contribution in [1.29, 1.82) is 0 Å². The van der Waals surface area contributed by atoms with Crippen molar-refractivity contribution in [1.82, 2.24) is 15.5 Å². The number of ether oxygens (including phenoxy) is 1. The Morgan fingerprint density at radius 2 is 1.88 bits per heavy atom. The second-order valence-corrected chi connectivity index (χ2v) is 6.33. The van der Waals surface area contributed by atoms with E-state index in [1.807, 2.05) is 48.5 Å². The molecule has 25 heavy (non-hydrogen) atoms. The van der Waals surface area contributed by atoms with Crippen molar-refractivity contribution in [2.75, 3.05) is 6.54 Å². The maximum Gasteiger partial charge on any atom is 0.307 e. The quantitative estimate of drug-likeness (QED) is 0.621. The summed E-state index contributed by atoms with van der Waals surface area (Å²) < 4.78 is 6.15.